The Labute approximate surface area is 110 Å². The molecule has 1 heterocycles. The van der Waals surface area contributed by atoms with Crippen LogP contribution in [0.4, 0.5) is 8.78 Å². The van der Waals surface area contributed by atoms with E-state index in [1.165, 1.54) is 0 Å². The van der Waals surface area contributed by atoms with Gasteiger partial charge in [-0.05, 0) is 31.9 Å². The van der Waals surface area contributed by atoms with E-state index in [-0.39, 0.29) is 12.4 Å². The molecule has 6 heteroatoms. The van der Waals surface area contributed by atoms with E-state index in [2.05, 4.69) is 5.32 Å². The lowest BCUT2D eigenvalue weighted by Gasteiger charge is -2.11. The molecule has 0 amide bonds. The molecule has 0 aliphatic heterocycles. The lowest BCUT2D eigenvalue weighted by atomic mass is 10.2. The zero-order chi connectivity index (χ0) is 13.4. The highest BCUT2D eigenvalue weighted by Gasteiger charge is 2.08. The highest BCUT2D eigenvalue weighted by atomic mass is 32.2. The Morgan fingerprint density at radius 2 is 2.11 bits per heavy atom. The van der Waals surface area contributed by atoms with Gasteiger partial charge >= 0.3 is 0 Å². The Kier molecular flexibility index (Phi) is 7.31. The fourth-order valence-corrected chi connectivity index (χ4v) is 1.96. The Balaban J connectivity index is 2.26. The van der Waals surface area contributed by atoms with Crippen molar-refractivity contribution >= 4 is 11.8 Å². The molecule has 0 aromatic carbocycles. The van der Waals surface area contributed by atoms with E-state index >= 15 is 0 Å². The predicted molar refractivity (Wildman–Crippen MR) is 68.6 cm³/mol. The predicted octanol–water partition coefficient (Wildman–Crippen LogP) is 2.99. The molecule has 1 aromatic heterocycles. The van der Waals surface area contributed by atoms with Crippen LogP contribution in [0.1, 0.15) is 31.3 Å². The van der Waals surface area contributed by atoms with Gasteiger partial charge in [0.1, 0.15) is 11.5 Å². The van der Waals surface area contributed by atoms with E-state index in [1.54, 1.807) is 12.1 Å². The van der Waals surface area contributed by atoms with Gasteiger partial charge in [-0.25, -0.2) is 0 Å². The fourth-order valence-electron chi connectivity index (χ4n) is 1.51. The molecule has 1 unspecified atom stereocenters. The second-order valence-electron chi connectivity index (χ2n) is 4.09. The van der Waals surface area contributed by atoms with Gasteiger partial charge in [0.25, 0.3) is 5.76 Å². The first kappa shape index (κ1) is 15.5. The average molecular weight is 279 g/mol. The smallest absolute Gasteiger partial charge is 0.284 e. The van der Waals surface area contributed by atoms with Crippen LogP contribution in [-0.2, 0) is 12.3 Å². The number of hydrogen-bond donors (Lipinski definition) is 2. The van der Waals surface area contributed by atoms with Crippen LogP contribution in [0.5, 0.6) is 0 Å². The first-order valence-corrected chi connectivity index (χ1v) is 6.98. The van der Waals surface area contributed by atoms with Crippen molar-refractivity contribution in [2.45, 2.75) is 43.9 Å². The molecule has 0 bridgehead atoms. The number of hydrogen-bond acceptors (Lipinski definition) is 4. The van der Waals surface area contributed by atoms with Crippen molar-refractivity contribution in [3.05, 3.63) is 23.7 Å². The van der Waals surface area contributed by atoms with Gasteiger partial charge in [-0.3, -0.25) is 0 Å². The van der Waals surface area contributed by atoms with E-state index < -0.39 is 5.76 Å². The van der Waals surface area contributed by atoms with Crippen molar-refractivity contribution < 1.29 is 18.3 Å². The first-order valence-electron chi connectivity index (χ1n) is 5.93. The van der Waals surface area contributed by atoms with Crippen molar-refractivity contribution in [2.24, 2.45) is 0 Å². The van der Waals surface area contributed by atoms with Crippen LogP contribution in [-0.4, -0.2) is 23.5 Å². The van der Waals surface area contributed by atoms with Crippen LogP contribution in [0.2, 0.25) is 0 Å². The van der Waals surface area contributed by atoms with Gasteiger partial charge in [0.15, 0.2) is 0 Å². The van der Waals surface area contributed by atoms with Gasteiger partial charge in [-0.2, -0.15) is 8.78 Å². The third kappa shape index (κ3) is 6.37. The molecule has 0 aliphatic rings. The highest BCUT2D eigenvalue weighted by molar-refractivity contribution is 7.98. The Hall–Kier alpha value is -0.590. The standard InChI is InChI=1S/C12H19F2NO2S/c1-9(3-2-6-16)15-7-10-4-5-11(17-10)8-18-12(13)14/h4-5,9,12,15-16H,2-3,6-8H2,1H3. The molecule has 2 N–H and O–H groups in total. The number of rotatable bonds is 9. The fraction of sp³-hybridized carbons (Fsp3) is 0.667. The molecule has 3 nitrogen and oxygen atoms in total. The SMILES string of the molecule is CC(CCCO)NCc1ccc(CSC(F)F)o1. The molecule has 1 rings (SSSR count). The van der Waals surface area contributed by atoms with Crippen LogP contribution >= 0.6 is 11.8 Å². The molecule has 0 saturated heterocycles. The van der Waals surface area contributed by atoms with Gasteiger partial charge < -0.3 is 14.8 Å². The minimum atomic E-state index is -2.37. The van der Waals surface area contributed by atoms with Gasteiger partial charge in [-0.15, -0.1) is 0 Å². The van der Waals surface area contributed by atoms with Crippen molar-refractivity contribution in [3.8, 4) is 0 Å². The molecular weight excluding hydrogens is 260 g/mol. The van der Waals surface area contributed by atoms with Crippen molar-refractivity contribution in [1.82, 2.24) is 5.32 Å². The summed E-state index contributed by atoms with van der Waals surface area (Å²) in [6, 6.07) is 3.82. The van der Waals surface area contributed by atoms with E-state index in [0.29, 0.717) is 30.1 Å². The maximum atomic E-state index is 12.0. The van der Waals surface area contributed by atoms with Crippen molar-refractivity contribution in [3.63, 3.8) is 0 Å². The summed E-state index contributed by atoms with van der Waals surface area (Å²) in [4.78, 5) is 0. The van der Waals surface area contributed by atoms with Crippen LogP contribution in [0.3, 0.4) is 0 Å². The molecule has 0 spiro atoms. The van der Waals surface area contributed by atoms with E-state index in [9.17, 15) is 8.78 Å². The first-order chi connectivity index (χ1) is 8.61. The van der Waals surface area contributed by atoms with E-state index in [0.717, 1.165) is 18.6 Å². The zero-order valence-electron chi connectivity index (χ0n) is 10.4. The largest absolute Gasteiger partial charge is 0.464 e. The molecule has 0 fully saturated rings. The third-order valence-electron chi connectivity index (χ3n) is 2.49. The topological polar surface area (TPSA) is 45.4 Å². The summed E-state index contributed by atoms with van der Waals surface area (Å²) in [5.74, 6) is -0.858. The lowest BCUT2D eigenvalue weighted by molar-refractivity contribution is 0.251. The number of thioether (sulfide) groups is 1. The van der Waals surface area contributed by atoms with Crippen molar-refractivity contribution in [1.29, 1.82) is 0 Å². The monoisotopic (exact) mass is 279 g/mol. The third-order valence-corrected chi connectivity index (χ3v) is 3.19. The summed E-state index contributed by atoms with van der Waals surface area (Å²) in [6.07, 6.45) is 1.66. The lowest BCUT2D eigenvalue weighted by Crippen LogP contribution is -2.25. The number of aliphatic hydroxyl groups is 1. The van der Waals surface area contributed by atoms with Crippen molar-refractivity contribution in [2.75, 3.05) is 6.61 Å². The Morgan fingerprint density at radius 3 is 2.78 bits per heavy atom. The van der Waals surface area contributed by atoms with Gasteiger partial charge in [0, 0.05) is 12.6 Å². The van der Waals surface area contributed by atoms with Crippen LogP contribution in [0.15, 0.2) is 16.5 Å². The van der Waals surface area contributed by atoms with Crippen LogP contribution < -0.4 is 5.32 Å². The summed E-state index contributed by atoms with van der Waals surface area (Å²) in [5.41, 5.74) is 0. The quantitative estimate of drug-likeness (QED) is 0.729. The minimum Gasteiger partial charge on any atom is -0.464 e. The minimum absolute atomic E-state index is 0.192. The summed E-state index contributed by atoms with van der Waals surface area (Å²) in [6.45, 7) is 2.81. The molecule has 0 saturated carbocycles. The maximum Gasteiger partial charge on any atom is 0.284 e. The number of aliphatic hydroxyl groups excluding tert-OH is 1. The zero-order valence-corrected chi connectivity index (χ0v) is 11.2. The number of halogens is 2. The second-order valence-corrected chi connectivity index (χ2v) is 5.07. The molecule has 0 radical (unpaired) electrons. The summed E-state index contributed by atoms with van der Waals surface area (Å²) in [7, 11) is 0. The molecule has 18 heavy (non-hydrogen) atoms. The number of furan rings is 1. The molecule has 104 valence electrons. The van der Waals surface area contributed by atoms with Gasteiger partial charge in [0.05, 0.1) is 12.3 Å². The normalized spacial score (nSPS) is 13.2. The van der Waals surface area contributed by atoms with Crippen LogP contribution in [0.25, 0.3) is 0 Å². The summed E-state index contributed by atoms with van der Waals surface area (Å²) >= 11 is 0.558. The molecule has 1 aromatic rings. The summed E-state index contributed by atoms with van der Waals surface area (Å²) < 4.78 is 29.4. The van der Waals surface area contributed by atoms with E-state index in [4.69, 9.17) is 9.52 Å². The maximum absolute atomic E-state index is 12.0. The molecule has 0 aliphatic carbocycles. The molecular formula is C12H19F2NO2S. The Bertz CT molecular complexity index is 334. The van der Waals surface area contributed by atoms with Crippen LogP contribution in [0, 0.1) is 0 Å². The van der Waals surface area contributed by atoms with E-state index in [1.807, 2.05) is 6.92 Å². The average Bonchev–Trinajstić information content (AvgIpc) is 2.79. The number of nitrogens with one attached hydrogen (secondary N) is 1. The molecule has 1 atom stereocenters. The summed E-state index contributed by atoms with van der Waals surface area (Å²) in [5, 5.41) is 11.9. The van der Waals surface area contributed by atoms with Gasteiger partial charge in [-0.1, -0.05) is 11.8 Å². The highest BCUT2D eigenvalue weighted by Crippen LogP contribution is 2.21. The van der Waals surface area contributed by atoms with Gasteiger partial charge in [0.2, 0.25) is 0 Å². The number of alkyl halides is 2. The second kappa shape index (κ2) is 8.50. The Morgan fingerprint density at radius 1 is 1.39 bits per heavy atom.